The molecule has 0 bridgehead atoms. The SMILES string of the molecule is CSc1cc2c(cc1CO)nc1n2CCN(c2ncc(CO)c(C(F)(F)F)n2)C1. The van der Waals surface area contributed by atoms with Gasteiger partial charge in [-0.05, 0) is 24.0 Å². The van der Waals surface area contributed by atoms with Gasteiger partial charge in [0.25, 0.3) is 0 Å². The van der Waals surface area contributed by atoms with Gasteiger partial charge in [0.2, 0.25) is 5.95 Å². The predicted octanol–water partition coefficient (Wildman–Crippen LogP) is 2.57. The summed E-state index contributed by atoms with van der Waals surface area (Å²) in [6, 6.07) is 3.82. The van der Waals surface area contributed by atoms with Crippen LogP contribution in [0.3, 0.4) is 0 Å². The topological polar surface area (TPSA) is 87.3 Å². The average molecular weight is 425 g/mol. The zero-order valence-corrected chi connectivity index (χ0v) is 16.3. The zero-order chi connectivity index (χ0) is 20.8. The van der Waals surface area contributed by atoms with E-state index in [1.54, 1.807) is 4.90 Å². The lowest BCUT2D eigenvalue weighted by Crippen LogP contribution is -2.35. The second-order valence-electron chi connectivity index (χ2n) is 6.61. The van der Waals surface area contributed by atoms with Crippen LogP contribution in [0.25, 0.3) is 11.0 Å². The number of alkyl halides is 3. The van der Waals surface area contributed by atoms with Crippen molar-refractivity contribution < 1.29 is 23.4 Å². The smallest absolute Gasteiger partial charge is 0.392 e. The Morgan fingerprint density at radius 1 is 1.10 bits per heavy atom. The van der Waals surface area contributed by atoms with Crippen molar-refractivity contribution in [2.75, 3.05) is 17.7 Å². The molecule has 2 aromatic heterocycles. The Balaban J connectivity index is 1.70. The van der Waals surface area contributed by atoms with E-state index in [4.69, 9.17) is 5.11 Å². The van der Waals surface area contributed by atoms with Crippen molar-refractivity contribution in [3.8, 4) is 0 Å². The van der Waals surface area contributed by atoms with Crippen molar-refractivity contribution in [3.63, 3.8) is 0 Å². The van der Waals surface area contributed by atoms with Gasteiger partial charge in [0.1, 0.15) is 5.82 Å². The van der Waals surface area contributed by atoms with Gasteiger partial charge in [-0.25, -0.2) is 15.0 Å². The van der Waals surface area contributed by atoms with Gasteiger partial charge < -0.3 is 19.7 Å². The molecule has 0 fully saturated rings. The summed E-state index contributed by atoms with van der Waals surface area (Å²) in [7, 11) is 0. The lowest BCUT2D eigenvalue weighted by Gasteiger charge is -2.28. The molecule has 0 aliphatic carbocycles. The summed E-state index contributed by atoms with van der Waals surface area (Å²) in [5.41, 5.74) is 0.966. The first-order valence-electron chi connectivity index (χ1n) is 8.81. The summed E-state index contributed by atoms with van der Waals surface area (Å²) in [6.07, 6.45) is -1.73. The van der Waals surface area contributed by atoms with Crippen molar-refractivity contribution in [3.05, 3.63) is 41.0 Å². The summed E-state index contributed by atoms with van der Waals surface area (Å²) in [5, 5.41) is 18.7. The number of imidazole rings is 1. The van der Waals surface area contributed by atoms with Gasteiger partial charge >= 0.3 is 6.18 Å². The van der Waals surface area contributed by atoms with Crippen molar-refractivity contribution >= 4 is 28.7 Å². The van der Waals surface area contributed by atoms with Gasteiger partial charge in [0, 0.05) is 29.7 Å². The number of fused-ring (bicyclic) bond motifs is 3. The molecular weight excluding hydrogens is 407 g/mol. The molecule has 4 rings (SSSR count). The second kappa shape index (κ2) is 7.47. The molecule has 0 radical (unpaired) electrons. The molecular formula is C18H18F3N5O2S. The van der Waals surface area contributed by atoms with E-state index in [9.17, 15) is 18.3 Å². The maximum absolute atomic E-state index is 13.2. The van der Waals surface area contributed by atoms with E-state index in [-0.39, 0.29) is 24.7 Å². The zero-order valence-electron chi connectivity index (χ0n) is 15.4. The van der Waals surface area contributed by atoms with Crippen LogP contribution in [0.5, 0.6) is 0 Å². The van der Waals surface area contributed by atoms with Crippen LogP contribution in [0.15, 0.2) is 23.2 Å². The van der Waals surface area contributed by atoms with E-state index in [0.29, 0.717) is 18.9 Å². The summed E-state index contributed by atoms with van der Waals surface area (Å²) in [4.78, 5) is 14.9. The Labute approximate surface area is 168 Å². The molecule has 29 heavy (non-hydrogen) atoms. The molecule has 0 atom stereocenters. The van der Waals surface area contributed by atoms with Crippen molar-refractivity contribution in [2.24, 2.45) is 0 Å². The quantitative estimate of drug-likeness (QED) is 0.622. The first kappa shape index (κ1) is 19.9. The number of nitrogens with zero attached hydrogens (tertiary/aromatic N) is 5. The van der Waals surface area contributed by atoms with Crippen molar-refractivity contribution in [2.45, 2.75) is 37.4 Å². The first-order chi connectivity index (χ1) is 13.9. The van der Waals surface area contributed by atoms with Crippen LogP contribution in [0, 0.1) is 0 Å². The number of hydrogen-bond donors (Lipinski definition) is 2. The van der Waals surface area contributed by atoms with Gasteiger partial charge in [0.15, 0.2) is 5.69 Å². The molecule has 1 aliphatic rings. The van der Waals surface area contributed by atoms with Gasteiger partial charge in [-0.1, -0.05) is 0 Å². The largest absolute Gasteiger partial charge is 0.433 e. The number of anilines is 1. The maximum atomic E-state index is 13.2. The van der Waals surface area contributed by atoms with Crippen molar-refractivity contribution in [1.29, 1.82) is 0 Å². The minimum absolute atomic E-state index is 0.0475. The molecule has 1 aliphatic heterocycles. The van der Waals surface area contributed by atoms with E-state index < -0.39 is 18.5 Å². The van der Waals surface area contributed by atoms with Crippen LogP contribution in [-0.2, 0) is 32.5 Å². The third kappa shape index (κ3) is 3.53. The van der Waals surface area contributed by atoms with E-state index in [0.717, 1.165) is 27.7 Å². The fraction of sp³-hybridized carbons (Fsp3) is 0.389. The highest BCUT2D eigenvalue weighted by atomic mass is 32.2. The van der Waals surface area contributed by atoms with Gasteiger partial charge in [0.05, 0.1) is 30.8 Å². The van der Waals surface area contributed by atoms with Crippen LogP contribution in [0.2, 0.25) is 0 Å². The lowest BCUT2D eigenvalue weighted by molar-refractivity contribution is -0.142. The standard InChI is InChI=1S/C18H18F3N5O2S/c1-29-14-5-13-12(4-10(14)8-27)23-15-7-25(2-3-26(13)15)17-22-6-11(9-28)16(24-17)18(19,20)21/h4-6,27-28H,2-3,7-9H2,1H3. The molecule has 0 saturated heterocycles. The van der Waals surface area contributed by atoms with Crippen LogP contribution in [0.4, 0.5) is 19.1 Å². The van der Waals surface area contributed by atoms with Crippen LogP contribution in [-0.4, -0.2) is 42.5 Å². The molecule has 0 amide bonds. The number of aromatic nitrogens is 4. The number of hydrogen-bond acceptors (Lipinski definition) is 7. The van der Waals surface area contributed by atoms with Crippen LogP contribution >= 0.6 is 11.8 Å². The van der Waals surface area contributed by atoms with E-state index in [1.165, 1.54) is 11.8 Å². The highest BCUT2D eigenvalue weighted by Crippen LogP contribution is 2.33. The predicted molar refractivity (Wildman–Crippen MR) is 101 cm³/mol. The Morgan fingerprint density at radius 3 is 2.52 bits per heavy atom. The lowest BCUT2D eigenvalue weighted by atomic mass is 10.2. The third-order valence-electron chi connectivity index (χ3n) is 4.90. The number of benzene rings is 1. The second-order valence-corrected chi connectivity index (χ2v) is 7.46. The third-order valence-corrected chi connectivity index (χ3v) is 5.72. The minimum atomic E-state index is -4.67. The first-order valence-corrected chi connectivity index (χ1v) is 10.0. The van der Waals surface area contributed by atoms with Crippen LogP contribution in [0.1, 0.15) is 22.6 Å². The molecule has 0 saturated carbocycles. The molecule has 1 aromatic carbocycles. The number of aliphatic hydroxyl groups excluding tert-OH is 2. The highest BCUT2D eigenvalue weighted by Gasteiger charge is 2.36. The Bertz CT molecular complexity index is 1070. The number of halogens is 3. The molecule has 7 nitrogen and oxygen atoms in total. The number of rotatable bonds is 4. The Morgan fingerprint density at radius 2 is 1.86 bits per heavy atom. The van der Waals surface area contributed by atoms with Gasteiger partial charge in [-0.3, -0.25) is 0 Å². The Kier molecular flexibility index (Phi) is 5.13. The molecule has 154 valence electrons. The monoisotopic (exact) mass is 425 g/mol. The normalized spacial score (nSPS) is 14.5. The molecule has 11 heteroatoms. The summed E-state index contributed by atoms with van der Waals surface area (Å²) >= 11 is 1.54. The molecule has 2 N–H and O–H groups in total. The summed E-state index contributed by atoms with van der Waals surface area (Å²) in [5.74, 6) is 0.644. The molecule has 3 aromatic rings. The Hall–Kier alpha value is -2.37. The maximum Gasteiger partial charge on any atom is 0.433 e. The average Bonchev–Trinajstić information content (AvgIpc) is 3.08. The van der Waals surface area contributed by atoms with E-state index in [1.807, 2.05) is 23.0 Å². The fourth-order valence-corrected chi connectivity index (χ4v) is 4.10. The highest BCUT2D eigenvalue weighted by molar-refractivity contribution is 7.98. The van der Waals surface area contributed by atoms with Crippen molar-refractivity contribution in [1.82, 2.24) is 19.5 Å². The number of thioether (sulfide) groups is 1. The summed E-state index contributed by atoms with van der Waals surface area (Å²) < 4.78 is 41.8. The van der Waals surface area contributed by atoms with Crippen LogP contribution < -0.4 is 4.90 Å². The van der Waals surface area contributed by atoms with Gasteiger partial charge in [-0.2, -0.15) is 13.2 Å². The fourth-order valence-electron chi connectivity index (χ4n) is 3.48. The molecule has 3 heterocycles. The molecule has 0 spiro atoms. The summed E-state index contributed by atoms with van der Waals surface area (Å²) in [6.45, 7) is 0.324. The molecule has 0 unspecified atom stereocenters. The van der Waals surface area contributed by atoms with E-state index in [2.05, 4.69) is 15.0 Å². The number of aliphatic hydroxyl groups is 2. The van der Waals surface area contributed by atoms with Gasteiger partial charge in [-0.15, -0.1) is 11.8 Å². The minimum Gasteiger partial charge on any atom is -0.392 e. The van der Waals surface area contributed by atoms with E-state index >= 15 is 0 Å².